The number of hydrogen-bond acceptors (Lipinski definition) is 4. The van der Waals surface area contributed by atoms with Crippen LogP contribution in [-0.2, 0) is 11.2 Å². The summed E-state index contributed by atoms with van der Waals surface area (Å²) < 4.78 is 0. The number of carbonyl (C=O) groups is 2. The molecule has 3 unspecified atom stereocenters. The quantitative estimate of drug-likeness (QED) is 0.646. The number of nitrogens with one attached hydrogen (secondary N) is 3. The van der Waals surface area contributed by atoms with Gasteiger partial charge in [0.25, 0.3) is 5.91 Å². The Morgan fingerprint density at radius 2 is 1.93 bits per heavy atom. The Kier molecular flexibility index (Phi) is 10.7. The molecule has 0 aliphatic carbocycles. The number of halogens is 2. The minimum atomic E-state index is -0.644. The van der Waals surface area contributed by atoms with Crippen molar-refractivity contribution in [3.8, 4) is 0 Å². The third-order valence-electron chi connectivity index (χ3n) is 4.92. The van der Waals surface area contributed by atoms with Gasteiger partial charge < -0.3 is 16.0 Å². The molecule has 0 bridgehead atoms. The molecule has 1 aromatic carbocycles. The molecule has 0 spiro atoms. The van der Waals surface area contributed by atoms with Gasteiger partial charge in [-0.15, -0.1) is 24.8 Å². The summed E-state index contributed by atoms with van der Waals surface area (Å²) in [6.07, 6.45) is 5.52. The van der Waals surface area contributed by atoms with Crippen molar-refractivity contribution < 1.29 is 9.59 Å². The number of pyridine rings is 1. The topological polar surface area (TPSA) is 83.1 Å². The van der Waals surface area contributed by atoms with Crippen molar-refractivity contribution in [2.75, 3.05) is 6.54 Å². The van der Waals surface area contributed by atoms with Crippen molar-refractivity contribution in [3.05, 3.63) is 66.0 Å². The zero-order chi connectivity index (χ0) is 19.1. The zero-order valence-electron chi connectivity index (χ0n) is 16.3. The molecule has 1 fully saturated rings. The average molecular weight is 439 g/mol. The van der Waals surface area contributed by atoms with Crippen LogP contribution in [0.2, 0.25) is 0 Å². The molecule has 2 heterocycles. The van der Waals surface area contributed by atoms with Crippen molar-refractivity contribution in [2.24, 2.45) is 0 Å². The summed E-state index contributed by atoms with van der Waals surface area (Å²) in [7, 11) is 0. The van der Waals surface area contributed by atoms with Gasteiger partial charge in [0, 0.05) is 30.9 Å². The van der Waals surface area contributed by atoms with Crippen LogP contribution in [0.3, 0.4) is 0 Å². The van der Waals surface area contributed by atoms with Crippen molar-refractivity contribution in [3.63, 3.8) is 0 Å². The molecule has 3 rings (SSSR count). The summed E-state index contributed by atoms with van der Waals surface area (Å²) in [5.74, 6) is -0.453. The normalized spacial score (nSPS) is 19.1. The highest BCUT2D eigenvalue weighted by Gasteiger charge is 2.27. The van der Waals surface area contributed by atoms with Gasteiger partial charge in [0.2, 0.25) is 5.91 Å². The largest absolute Gasteiger partial charge is 0.350 e. The Hall–Kier alpha value is -2.15. The second-order valence-electron chi connectivity index (χ2n) is 6.96. The summed E-state index contributed by atoms with van der Waals surface area (Å²) >= 11 is 0. The van der Waals surface area contributed by atoms with Crippen LogP contribution in [-0.4, -0.2) is 41.5 Å². The summed E-state index contributed by atoms with van der Waals surface area (Å²) in [5, 5.41) is 9.37. The van der Waals surface area contributed by atoms with Crippen molar-refractivity contribution in [1.29, 1.82) is 0 Å². The maximum atomic E-state index is 13.0. The first-order valence-electron chi connectivity index (χ1n) is 9.42. The number of carbonyl (C=O) groups excluding carboxylic acids is 2. The average Bonchev–Trinajstić information content (AvgIpc) is 2.70. The van der Waals surface area contributed by atoms with Crippen LogP contribution in [0, 0.1) is 0 Å². The van der Waals surface area contributed by atoms with E-state index in [1.54, 1.807) is 18.3 Å². The van der Waals surface area contributed by atoms with Gasteiger partial charge in [-0.1, -0.05) is 30.3 Å². The number of aromatic nitrogens is 1. The van der Waals surface area contributed by atoms with Crippen molar-refractivity contribution in [2.45, 2.75) is 44.3 Å². The van der Waals surface area contributed by atoms with E-state index in [4.69, 9.17) is 0 Å². The molecule has 2 aromatic rings. The van der Waals surface area contributed by atoms with Gasteiger partial charge >= 0.3 is 0 Å². The molecule has 158 valence electrons. The molecular weight excluding hydrogens is 411 g/mol. The monoisotopic (exact) mass is 438 g/mol. The highest BCUT2D eigenvalue weighted by Crippen LogP contribution is 2.10. The highest BCUT2D eigenvalue weighted by atomic mass is 35.5. The van der Waals surface area contributed by atoms with E-state index in [2.05, 4.69) is 27.9 Å². The number of piperidine rings is 1. The Morgan fingerprint density at radius 1 is 1.17 bits per heavy atom. The van der Waals surface area contributed by atoms with E-state index in [1.807, 2.05) is 30.3 Å². The van der Waals surface area contributed by atoms with Crippen LogP contribution in [0.4, 0.5) is 0 Å². The second-order valence-corrected chi connectivity index (χ2v) is 6.96. The van der Waals surface area contributed by atoms with Crippen molar-refractivity contribution >= 4 is 36.6 Å². The van der Waals surface area contributed by atoms with Crippen molar-refractivity contribution in [1.82, 2.24) is 20.9 Å². The van der Waals surface area contributed by atoms with Crippen LogP contribution in [0.25, 0.3) is 0 Å². The summed E-state index contributed by atoms with van der Waals surface area (Å²) in [4.78, 5) is 29.5. The fourth-order valence-electron chi connectivity index (χ4n) is 3.32. The van der Waals surface area contributed by atoms with E-state index in [0.717, 1.165) is 24.9 Å². The summed E-state index contributed by atoms with van der Waals surface area (Å²) in [6.45, 7) is 3.04. The Balaban J connectivity index is 0.00000210. The van der Waals surface area contributed by atoms with Crippen LogP contribution in [0.1, 0.15) is 35.7 Å². The highest BCUT2D eigenvalue weighted by molar-refractivity contribution is 5.97. The lowest BCUT2D eigenvalue weighted by atomic mass is 9.98. The standard InChI is InChI=1S/C21H26N4O2.2ClH/c1-15-18(10-6-12-23-15)24-21(27)19(13-16-7-3-2-4-8-16)25-20(26)17-9-5-11-22-14-17;;/h2-5,7-9,11,14-15,18-19,23H,6,10,12-13H2,1H3,(H,24,27)(H,25,26);2*1H. The predicted octanol–water partition coefficient (Wildman–Crippen LogP) is 2.52. The molecule has 1 aromatic heterocycles. The SMILES string of the molecule is CC1NCCCC1NC(=O)C(Cc1ccccc1)NC(=O)c1cccnc1.Cl.Cl. The summed E-state index contributed by atoms with van der Waals surface area (Å²) in [6, 6.07) is 12.7. The van der Waals surface area contributed by atoms with Gasteiger partial charge in [0.1, 0.15) is 6.04 Å². The zero-order valence-corrected chi connectivity index (χ0v) is 18.0. The van der Waals surface area contributed by atoms with E-state index in [0.29, 0.717) is 12.0 Å². The van der Waals surface area contributed by atoms with E-state index in [-0.39, 0.29) is 48.7 Å². The third kappa shape index (κ3) is 7.31. The number of benzene rings is 1. The number of nitrogens with zero attached hydrogens (tertiary/aromatic N) is 1. The lowest BCUT2D eigenvalue weighted by Crippen LogP contribution is -2.57. The van der Waals surface area contributed by atoms with E-state index < -0.39 is 6.04 Å². The van der Waals surface area contributed by atoms with Gasteiger partial charge in [-0.05, 0) is 44.0 Å². The van der Waals surface area contributed by atoms with E-state index in [9.17, 15) is 9.59 Å². The minimum absolute atomic E-state index is 0. The van der Waals surface area contributed by atoms with Crippen LogP contribution < -0.4 is 16.0 Å². The molecule has 1 aliphatic heterocycles. The second kappa shape index (κ2) is 12.4. The first-order valence-corrected chi connectivity index (χ1v) is 9.42. The van der Waals surface area contributed by atoms with Gasteiger partial charge in [-0.2, -0.15) is 0 Å². The first-order chi connectivity index (χ1) is 13.1. The van der Waals surface area contributed by atoms with Crippen LogP contribution >= 0.6 is 24.8 Å². The van der Waals surface area contributed by atoms with Gasteiger partial charge in [0.05, 0.1) is 5.56 Å². The molecule has 0 saturated carbocycles. The number of rotatable bonds is 6. The summed E-state index contributed by atoms with van der Waals surface area (Å²) in [5.41, 5.74) is 1.44. The maximum absolute atomic E-state index is 13.0. The smallest absolute Gasteiger partial charge is 0.253 e. The lowest BCUT2D eigenvalue weighted by Gasteiger charge is -2.32. The molecule has 1 aliphatic rings. The van der Waals surface area contributed by atoms with Crippen LogP contribution in [0.15, 0.2) is 54.9 Å². The maximum Gasteiger partial charge on any atom is 0.253 e. The first kappa shape index (κ1) is 24.9. The molecule has 8 heteroatoms. The molecule has 6 nitrogen and oxygen atoms in total. The molecule has 2 amide bonds. The molecular formula is C21H28Cl2N4O2. The van der Waals surface area contributed by atoms with Gasteiger partial charge in [-0.3, -0.25) is 14.6 Å². The molecule has 3 atom stereocenters. The minimum Gasteiger partial charge on any atom is -0.350 e. The lowest BCUT2D eigenvalue weighted by molar-refractivity contribution is -0.124. The molecule has 1 saturated heterocycles. The Labute approximate surface area is 184 Å². The fraction of sp³-hybridized carbons (Fsp3) is 0.381. The Morgan fingerprint density at radius 3 is 2.59 bits per heavy atom. The fourth-order valence-corrected chi connectivity index (χ4v) is 3.32. The molecule has 3 N–H and O–H groups in total. The van der Waals surface area contributed by atoms with Crippen LogP contribution in [0.5, 0.6) is 0 Å². The predicted molar refractivity (Wildman–Crippen MR) is 119 cm³/mol. The number of hydrogen-bond donors (Lipinski definition) is 3. The number of amides is 2. The van der Waals surface area contributed by atoms with E-state index >= 15 is 0 Å². The molecule has 29 heavy (non-hydrogen) atoms. The Bertz CT molecular complexity index is 762. The molecule has 0 radical (unpaired) electrons. The third-order valence-corrected chi connectivity index (χ3v) is 4.92. The van der Waals surface area contributed by atoms with Gasteiger partial charge in [-0.25, -0.2) is 0 Å². The van der Waals surface area contributed by atoms with Gasteiger partial charge in [0.15, 0.2) is 0 Å². The van der Waals surface area contributed by atoms with E-state index in [1.165, 1.54) is 6.20 Å².